The van der Waals surface area contributed by atoms with Crippen LogP contribution < -0.4 is 10.6 Å². The monoisotopic (exact) mass is 658 g/mol. The molecule has 0 spiro atoms. The van der Waals surface area contributed by atoms with Crippen LogP contribution in [0.5, 0.6) is 0 Å². The number of benzene rings is 1. The van der Waals surface area contributed by atoms with Gasteiger partial charge in [-0.1, -0.05) is 32.9 Å². The Morgan fingerprint density at radius 1 is 1.07 bits per heavy atom. The van der Waals surface area contributed by atoms with E-state index in [4.69, 9.17) is 0 Å². The lowest BCUT2D eigenvalue weighted by Gasteiger charge is -2.27. The van der Waals surface area contributed by atoms with Gasteiger partial charge in [-0.15, -0.1) is 0 Å². The zero-order chi connectivity index (χ0) is 31.3. The number of hydrogen-bond acceptors (Lipinski definition) is 7. The third-order valence-electron chi connectivity index (χ3n) is 8.57. The Morgan fingerprint density at radius 2 is 1.82 bits per heavy atom. The van der Waals surface area contributed by atoms with E-state index in [-0.39, 0.29) is 47.3 Å². The first-order valence-electron chi connectivity index (χ1n) is 14.8. The van der Waals surface area contributed by atoms with Gasteiger partial charge in [0, 0.05) is 35.9 Å². The normalized spacial score (nSPS) is 20.6. The number of nitrogens with zero attached hydrogens (tertiary/aromatic N) is 6. The van der Waals surface area contributed by atoms with Crippen molar-refractivity contribution in [3.63, 3.8) is 0 Å². The average molecular weight is 660 g/mol. The SMILES string of the molecule is Cc1ncc(-c2ccc3c(c2)c(C(=O)NCC(C)C)nn3CC(=O)N2[C@H](C(=O)Nc3nc(Br)ccc3C)C[C@@]3(C)C[C@@H]23)cn1. The summed E-state index contributed by atoms with van der Waals surface area (Å²) in [6.45, 7) is 10.2. The Hall–Kier alpha value is -4.19. The summed E-state index contributed by atoms with van der Waals surface area (Å²) in [6, 6.07) is 8.70. The van der Waals surface area contributed by atoms with Crippen LogP contribution in [0.4, 0.5) is 5.82 Å². The molecule has 2 N–H and O–H groups in total. The quantitative estimate of drug-likeness (QED) is 0.263. The smallest absolute Gasteiger partial charge is 0.272 e. The third kappa shape index (κ3) is 5.70. The zero-order valence-corrected chi connectivity index (χ0v) is 27.0. The van der Waals surface area contributed by atoms with Gasteiger partial charge in [0.25, 0.3) is 5.91 Å². The van der Waals surface area contributed by atoms with E-state index in [1.807, 2.05) is 58.0 Å². The number of likely N-dealkylation sites (tertiary alicyclic amines) is 1. The Kier molecular flexibility index (Phi) is 7.73. The molecule has 1 saturated carbocycles. The van der Waals surface area contributed by atoms with E-state index in [1.54, 1.807) is 22.0 Å². The first kappa shape index (κ1) is 29.9. The van der Waals surface area contributed by atoms with E-state index in [9.17, 15) is 14.4 Å². The molecular weight excluding hydrogens is 624 g/mol. The van der Waals surface area contributed by atoms with Crippen molar-refractivity contribution < 1.29 is 14.4 Å². The maximum Gasteiger partial charge on any atom is 0.272 e. The Labute approximate surface area is 264 Å². The predicted molar refractivity (Wildman–Crippen MR) is 170 cm³/mol. The number of rotatable bonds is 8. The highest BCUT2D eigenvalue weighted by atomic mass is 79.9. The van der Waals surface area contributed by atoms with Crippen molar-refractivity contribution in [2.75, 3.05) is 11.9 Å². The van der Waals surface area contributed by atoms with Crippen LogP contribution in [0, 0.1) is 25.2 Å². The summed E-state index contributed by atoms with van der Waals surface area (Å²) in [4.78, 5) is 55.6. The molecule has 3 atom stereocenters. The number of aryl methyl sites for hydroxylation is 2. The predicted octanol–water partition coefficient (Wildman–Crippen LogP) is 4.67. The molecule has 1 aromatic carbocycles. The van der Waals surface area contributed by atoms with Crippen molar-refractivity contribution >= 4 is 50.4 Å². The highest BCUT2D eigenvalue weighted by molar-refractivity contribution is 9.10. The summed E-state index contributed by atoms with van der Waals surface area (Å²) in [5.41, 5.74) is 3.27. The highest BCUT2D eigenvalue weighted by Gasteiger charge is 2.64. The lowest BCUT2D eigenvalue weighted by molar-refractivity contribution is -0.138. The van der Waals surface area contributed by atoms with Crippen molar-refractivity contribution in [2.24, 2.45) is 11.3 Å². The number of hydrogen-bond donors (Lipinski definition) is 2. The summed E-state index contributed by atoms with van der Waals surface area (Å²) in [5.74, 6) is 0.605. The van der Waals surface area contributed by atoms with Crippen molar-refractivity contribution in [3.05, 3.63) is 64.4 Å². The van der Waals surface area contributed by atoms with Crippen LogP contribution in [0.15, 0.2) is 47.3 Å². The number of aromatic nitrogens is 5. The summed E-state index contributed by atoms with van der Waals surface area (Å²) in [5, 5.41) is 11.2. The van der Waals surface area contributed by atoms with Gasteiger partial charge >= 0.3 is 0 Å². The van der Waals surface area contributed by atoms with Crippen LogP contribution in [0.2, 0.25) is 0 Å². The molecule has 2 aliphatic rings. The summed E-state index contributed by atoms with van der Waals surface area (Å²) < 4.78 is 2.19. The largest absolute Gasteiger partial charge is 0.350 e. The number of carbonyl (C=O) groups excluding carboxylic acids is 3. The standard InChI is InChI=1S/C32H35BrN8O3/c1-17(2)13-36-31(44)28-22-10-20(21-14-34-19(4)35-15-21)7-8-23(22)40(39-28)16-27(42)41-24(11-32(5)12-25(32)41)30(43)38-29-18(3)6-9-26(33)37-29/h6-10,14-15,17,24-25H,11-13,16H2,1-5H3,(H,36,44)(H,37,38,43)/t24-,25+,32-/m0/s1. The Bertz CT molecular complexity index is 1790. The van der Waals surface area contributed by atoms with Crippen LogP contribution in [0.1, 0.15) is 55.5 Å². The summed E-state index contributed by atoms with van der Waals surface area (Å²) >= 11 is 3.36. The minimum absolute atomic E-state index is 0.0221. The Balaban J connectivity index is 1.31. The molecule has 1 saturated heterocycles. The second kappa shape index (κ2) is 11.4. The van der Waals surface area contributed by atoms with E-state index in [0.29, 0.717) is 40.1 Å². The summed E-state index contributed by atoms with van der Waals surface area (Å²) in [7, 11) is 0. The number of anilines is 1. The molecule has 0 bridgehead atoms. The van der Waals surface area contributed by atoms with Crippen LogP contribution in [-0.2, 0) is 16.1 Å². The number of halogens is 1. The van der Waals surface area contributed by atoms with Crippen LogP contribution in [0.25, 0.3) is 22.0 Å². The number of nitrogens with one attached hydrogen (secondary N) is 2. The van der Waals surface area contributed by atoms with Gasteiger partial charge in [0.2, 0.25) is 11.8 Å². The fraction of sp³-hybridized carbons (Fsp3) is 0.406. The molecule has 1 aliphatic heterocycles. The van der Waals surface area contributed by atoms with Gasteiger partial charge in [-0.3, -0.25) is 19.1 Å². The molecule has 3 aromatic heterocycles. The number of fused-ring (bicyclic) bond motifs is 2. The second-order valence-corrected chi connectivity index (χ2v) is 13.4. The molecule has 4 heterocycles. The van der Waals surface area contributed by atoms with E-state index in [1.165, 1.54) is 0 Å². The van der Waals surface area contributed by atoms with Gasteiger partial charge in [-0.05, 0) is 83.3 Å². The van der Waals surface area contributed by atoms with Gasteiger partial charge in [-0.25, -0.2) is 15.0 Å². The number of pyridine rings is 1. The first-order chi connectivity index (χ1) is 20.9. The maximum absolute atomic E-state index is 14.0. The van der Waals surface area contributed by atoms with Crippen LogP contribution in [-0.4, -0.2) is 66.0 Å². The zero-order valence-electron chi connectivity index (χ0n) is 25.4. The maximum atomic E-state index is 14.0. The first-order valence-corrected chi connectivity index (χ1v) is 15.6. The molecule has 2 fully saturated rings. The van der Waals surface area contributed by atoms with Crippen LogP contribution >= 0.6 is 15.9 Å². The highest BCUT2D eigenvalue weighted by Crippen LogP contribution is 2.59. The fourth-order valence-electron chi connectivity index (χ4n) is 5.97. The van der Waals surface area contributed by atoms with Gasteiger partial charge in [0.1, 0.15) is 28.8 Å². The molecule has 0 radical (unpaired) electrons. The molecule has 228 valence electrons. The lowest BCUT2D eigenvalue weighted by Crippen LogP contribution is -2.47. The molecular formula is C32H35BrN8O3. The Morgan fingerprint density at radius 3 is 2.55 bits per heavy atom. The van der Waals surface area contributed by atoms with Gasteiger partial charge in [-0.2, -0.15) is 5.10 Å². The molecule has 11 nitrogen and oxygen atoms in total. The molecule has 44 heavy (non-hydrogen) atoms. The molecule has 3 amide bonds. The van der Waals surface area contributed by atoms with Gasteiger partial charge in [0.05, 0.1) is 5.52 Å². The van der Waals surface area contributed by atoms with Crippen LogP contribution in [0.3, 0.4) is 0 Å². The van der Waals surface area contributed by atoms with Crippen molar-refractivity contribution in [1.29, 1.82) is 0 Å². The molecule has 4 aromatic rings. The number of carbonyl (C=O) groups is 3. The fourth-order valence-corrected chi connectivity index (χ4v) is 6.28. The third-order valence-corrected chi connectivity index (χ3v) is 9.01. The van der Waals surface area contributed by atoms with Gasteiger partial charge < -0.3 is 15.5 Å². The molecule has 0 unspecified atom stereocenters. The summed E-state index contributed by atoms with van der Waals surface area (Å²) in [6.07, 6.45) is 4.91. The second-order valence-electron chi connectivity index (χ2n) is 12.5. The molecule has 1 aliphatic carbocycles. The molecule has 6 rings (SSSR count). The van der Waals surface area contributed by atoms with E-state index < -0.39 is 6.04 Å². The van der Waals surface area contributed by atoms with E-state index in [0.717, 1.165) is 23.1 Å². The number of piperidine rings is 1. The lowest BCUT2D eigenvalue weighted by atomic mass is 10.0. The van der Waals surface area contributed by atoms with Gasteiger partial charge in [0.15, 0.2) is 5.69 Å². The van der Waals surface area contributed by atoms with E-state index in [2.05, 4.69) is 53.5 Å². The van der Waals surface area contributed by atoms with E-state index >= 15 is 0 Å². The molecule has 12 heteroatoms. The van der Waals surface area contributed by atoms with Crippen molar-refractivity contribution in [3.8, 4) is 11.1 Å². The number of amides is 3. The topological polar surface area (TPSA) is 135 Å². The average Bonchev–Trinajstić information content (AvgIpc) is 3.35. The van der Waals surface area contributed by atoms with Crippen molar-refractivity contribution in [2.45, 2.75) is 66.1 Å². The minimum Gasteiger partial charge on any atom is -0.350 e. The minimum atomic E-state index is -0.629. The van der Waals surface area contributed by atoms with Crippen molar-refractivity contribution in [1.82, 2.24) is 34.9 Å².